The third-order valence-corrected chi connectivity index (χ3v) is 3.90. The van der Waals surface area contributed by atoms with Crippen LogP contribution in [0.4, 0.5) is 4.39 Å². The lowest BCUT2D eigenvalue weighted by molar-refractivity contribution is -0.127. The van der Waals surface area contributed by atoms with Gasteiger partial charge < -0.3 is 11.1 Å². The second kappa shape index (κ2) is 6.84. The van der Waals surface area contributed by atoms with E-state index in [9.17, 15) is 9.18 Å². The first kappa shape index (κ1) is 16.6. The molecule has 1 aromatic carbocycles. The van der Waals surface area contributed by atoms with Crippen molar-refractivity contribution in [2.24, 2.45) is 11.7 Å². The van der Waals surface area contributed by atoms with Crippen LogP contribution in [0.3, 0.4) is 0 Å². The lowest BCUT2D eigenvalue weighted by Crippen LogP contribution is -2.54. The molecule has 1 atom stereocenters. The van der Waals surface area contributed by atoms with Crippen LogP contribution in [0.25, 0.3) is 0 Å². The monoisotopic (exact) mass is 280 g/mol. The topological polar surface area (TPSA) is 55.1 Å². The summed E-state index contributed by atoms with van der Waals surface area (Å²) in [6.07, 6.45) is 1.17. The fourth-order valence-corrected chi connectivity index (χ4v) is 2.16. The van der Waals surface area contributed by atoms with Crippen LogP contribution in [0.5, 0.6) is 0 Å². The molecule has 1 amide bonds. The number of amides is 1. The SMILES string of the molecule is CCC(N)(CC)C(=O)NC(c1ccc(F)cc1)C(C)C. The molecule has 0 bridgehead atoms. The first-order valence-electron chi connectivity index (χ1n) is 7.19. The van der Waals surface area contributed by atoms with Gasteiger partial charge in [-0.1, -0.05) is 39.8 Å². The Morgan fingerprint density at radius 1 is 1.25 bits per heavy atom. The van der Waals surface area contributed by atoms with E-state index in [1.807, 2.05) is 27.7 Å². The summed E-state index contributed by atoms with van der Waals surface area (Å²) in [4.78, 5) is 12.4. The Morgan fingerprint density at radius 3 is 2.15 bits per heavy atom. The van der Waals surface area contributed by atoms with E-state index in [-0.39, 0.29) is 23.7 Å². The van der Waals surface area contributed by atoms with Crippen LogP contribution >= 0.6 is 0 Å². The van der Waals surface area contributed by atoms with Crippen LogP contribution in [0.15, 0.2) is 24.3 Å². The number of halogens is 1. The maximum Gasteiger partial charge on any atom is 0.240 e. The fourth-order valence-electron chi connectivity index (χ4n) is 2.16. The summed E-state index contributed by atoms with van der Waals surface area (Å²) >= 11 is 0. The van der Waals surface area contributed by atoms with Gasteiger partial charge in [0.25, 0.3) is 0 Å². The van der Waals surface area contributed by atoms with Gasteiger partial charge in [-0.15, -0.1) is 0 Å². The van der Waals surface area contributed by atoms with Gasteiger partial charge >= 0.3 is 0 Å². The number of hydrogen-bond acceptors (Lipinski definition) is 2. The Balaban J connectivity index is 2.94. The predicted octanol–water partition coefficient (Wildman–Crippen LogP) is 3.16. The van der Waals surface area contributed by atoms with E-state index in [2.05, 4.69) is 5.32 Å². The van der Waals surface area contributed by atoms with Gasteiger partial charge in [-0.2, -0.15) is 0 Å². The first-order valence-corrected chi connectivity index (χ1v) is 7.19. The summed E-state index contributed by atoms with van der Waals surface area (Å²) in [6, 6.07) is 6.06. The maximum atomic E-state index is 13.0. The van der Waals surface area contributed by atoms with Crippen LogP contribution in [-0.4, -0.2) is 11.4 Å². The van der Waals surface area contributed by atoms with Gasteiger partial charge in [-0.3, -0.25) is 4.79 Å². The van der Waals surface area contributed by atoms with Crippen molar-refractivity contribution in [2.75, 3.05) is 0 Å². The van der Waals surface area contributed by atoms with Crippen LogP contribution in [0.1, 0.15) is 52.1 Å². The minimum absolute atomic E-state index is 0.148. The van der Waals surface area contributed by atoms with E-state index in [1.54, 1.807) is 12.1 Å². The van der Waals surface area contributed by atoms with E-state index in [1.165, 1.54) is 12.1 Å². The van der Waals surface area contributed by atoms with Gasteiger partial charge in [0, 0.05) is 0 Å². The van der Waals surface area contributed by atoms with E-state index in [0.29, 0.717) is 12.8 Å². The molecule has 1 unspecified atom stereocenters. The highest BCUT2D eigenvalue weighted by Crippen LogP contribution is 2.23. The van der Waals surface area contributed by atoms with Crippen molar-refractivity contribution >= 4 is 5.91 Å². The number of carbonyl (C=O) groups is 1. The quantitative estimate of drug-likeness (QED) is 0.841. The predicted molar refractivity (Wildman–Crippen MR) is 79.6 cm³/mol. The minimum Gasteiger partial charge on any atom is -0.347 e. The molecule has 0 saturated carbocycles. The molecular weight excluding hydrogens is 255 g/mol. The van der Waals surface area contributed by atoms with Crippen LogP contribution in [0, 0.1) is 11.7 Å². The molecule has 0 aliphatic heterocycles. The zero-order valence-corrected chi connectivity index (χ0v) is 12.7. The number of nitrogens with one attached hydrogen (secondary N) is 1. The van der Waals surface area contributed by atoms with Crippen LogP contribution < -0.4 is 11.1 Å². The Labute approximate surface area is 120 Å². The molecule has 0 aliphatic carbocycles. The van der Waals surface area contributed by atoms with Gasteiger partial charge in [-0.05, 0) is 36.5 Å². The van der Waals surface area contributed by atoms with Gasteiger partial charge in [0.15, 0.2) is 0 Å². The number of hydrogen-bond donors (Lipinski definition) is 2. The average Bonchev–Trinajstić information content (AvgIpc) is 2.44. The van der Waals surface area contributed by atoms with Crippen molar-refractivity contribution in [1.29, 1.82) is 0 Å². The van der Waals surface area contributed by atoms with Crippen LogP contribution in [0.2, 0.25) is 0 Å². The highest BCUT2D eigenvalue weighted by atomic mass is 19.1. The van der Waals surface area contributed by atoms with E-state index >= 15 is 0 Å². The zero-order valence-electron chi connectivity index (χ0n) is 12.7. The zero-order chi connectivity index (χ0) is 15.3. The van der Waals surface area contributed by atoms with Crippen molar-refractivity contribution < 1.29 is 9.18 Å². The van der Waals surface area contributed by atoms with Crippen molar-refractivity contribution in [3.63, 3.8) is 0 Å². The van der Waals surface area contributed by atoms with Crippen molar-refractivity contribution in [2.45, 2.75) is 52.1 Å². The highest BCUT2D eigenvalue weighted by molar-refractivity contribution is 5.86. The molecule has 0 heterocycles. The molecule has 3 nitrogen and oxygen atoms in total. The lowest BCUT2D eigenvalue weighted by atomic mass is 9.90. The highest BCUT2D eigenvalue weighted by Gasteiger charge is 2.32. The Bertz CT molecular complexity index is 438. The largest absolute Gasteiger partial charge is 0.347 e. The summed E-state index contributed by atoms with van der Waals surface area (Å²) in [5, 5.41) is 3.01. The third-order valence-electron chi connectivity index (χ3n) is 3.90. The summed E-state index contributed by atoms with van der Waals surface area (Å²) in [5.74, 6) is -0.231. The summed E-state index contributed by atoms with van der Waals surface area (Å²) in [6.45, 7) is 7.85. The first-order chi connectivity index (χ1) is 9.34. The normalized spacial score (nSPS) is 13.3. The fraction of sp³-hybridized carbons (Fsp3) is 0.562. The number of carbonyl (C=O) groups excluding carboxylic acids is 1. The smallest absolute Gasteiger partial charge is 0.240 e. The molecule has 3 N–H and O–H groups in total. The molecule has 1 aromatic rings. The van der Waals surface area contributed by atoms with E-state index < -0.39 is 5.54 Å². The number of rotatable bonds is 6. The second-order valence-corrected chi connectivity index (χ2v) is 5.61. The standard InChI is InChI=1S/C16H25FN2O/c1-5-16(18,6-2)15(20)19-14(11(3)4)12-7-9-13(17)10-8-12/h7-11,14H,5-6,18H2,1-4H3,(H,19,20). The van der Waals surface area contributed by atoms with Crippen LogP contribution in [-0.2, 0) is 4.79 Å². The molecule has 0 saturated heterocycles. The van der Waals surface area contributed by atoms with Crippen molar-refractivity contribution in [3.8, 4) is 0 Å². The molecular formula is C16H25FN2O. The lowest BCUT2D eigenvalue weighted by Gasteiger charge is -2.30. The van der Waals surface area contributed by atoms with Crippen molar-refractivity contribution in [1.82, 2.24) is 5.32 Å². The summed E-state index contributed by atoms with van der Waals surface area (Å²) < 4.78 is 13.0. The molecule has 0 aromatic heterocycles. The number of nitrogens with two attached hydrogens (primary N) is 1. The van der Waals surface area contributed by atoms with Gasteiger partial charge in [0.1, 0.15) is 5.82 Å². The van der Waals surface area contributed by atoms with E-state index in [4.69, 9.17) is 5.73 Å². The maximum absolute atomic E-state index is 13.0. The van der Waals surface area contributed by atoms with Gasteiger partial charge in [0.05, 0.1) is 11.6 Å². The van der Waals surface area contributed by atoms with E-state index in [0.717, 1.165) is 5.56 Å². The molecule has 0 radical (unpaired) electrons. The molecule has 0 aliphatic rings. The summed E-state index contributed by atoms with van der Waals surface area (Å²) in [5.41, 5.74) is 6.17. The molecule has 1 rings (SSSR count). The third kappa shape index (κ3) is 3.79. The molecule has 20 heavy (non-hydrogen) atoms. The number of benzene rings is 1. The molecule has 4 heteroatoms. The van der Waals surface area contributed by atoms with Gasteiger partial charge in [0.2, 0.25) is 5.91 Å². The molecule has 0 fully saturated rings. The second-order valence-electron chi connectivity index (χ2n) is 5.61. The molecule has 112 valence electrons. The van der Waals surface area contributed by atoms with Crippen molar-refractivity contribution in [3.05, 3.63) is 35.6 Å². The average molecular weight is 280 g/mol. The van der Waals surface area contributed by atoms with Gasteiger partial charge in [-0.25, -0.2) is 4.39 Å². The Morgan fingerprint density at radius 2 is 1.75 bits per heavy atom. The Kier molecular flexibility index (Phi) is 5.69. The molecule has 0 spiro atoms. The summed E-state index contributed by atoms with van der Waals surface area (Å²) in [7, 11) is 0. The minimum atomic E-state index is -0.840. The Hall–Kier alpha value is -1.42.